The van der Waals surface area contributed by atoms with E-state index in [2.05, 4.69) is 26.4 Å². The zero-order valence-corrected chi connectivity index (χ0v) is 14.9. The Morgan fingerprint density at radius 1 is 1.21 bits per heavy atom. The Morgan fingerprint density at radius 3 is 2.67 bits per heavy atom. The number of carbonyl (C=O) groups is 1. The maximum atomic E-state index is 12.6. The Kier molecular flexibility index (Phi) is 3.85. The molecule has 1 aromatic carbocycles. The van der Waals surface area contributed by atoms with E-state index in [0.29, 0.717) is 23.1 Å². The average Bonchev–Trinajstić information content (AvgIpc) is 3.17. The smallest absolute Gasteiger partial charge is 0.266 e. The van der Waals surface area contributed by atoms with Crippen molar-refractivity contribution in [1.29, 1.82) is 0 Å². The first kappa shape index (κ1) is 15.3. The van der Waals surface area contributed by atoms with Crippen LogP contribution in [0, 0.1) is 6.92 Å². The topological polar surface area (TPSA) is 75.3 Å². The fourth-order valence-electron chi connectivity index (χ4n) is 2.98. The molecular weight excluding hydrogens is 342 g/mol. The maximum Gasteiger partial charge on any atom is 0.266 e. The molecule has 3 heterocycles. The predicted molar refractivity (Wildman–Crippen MR) is 99.0 cm³/mol. The van der Waals surface area contributed by atoms with Gasteiger partial charge in [-0.1, -0.05) is 23.5 Å². The molecule has 0 unspecified atom stereocenters. The third kappa shape index (κ3) is 2.61. The summed E-state index contributed by atoms with van der Waals surface area (Å²) >= 11 is 2.79. The third-order valence-corrected chi connectivity index (χ3v) is 6.02. The molecule has 1 amide bonds. The molecule has 1 aliphatic heterocycles. The van der Waals surface area contributed by atoms with Crippen LogP contribution in [0.4, 0.5) is 10.9 Å². The molecule has 2 aromatic heterocycles. The Morgan fingerprint density at radius 2 is 1.96 bits per heavy atom. The number of piperazine rings is 1. The van der Waals surface area contributed by atoms with Gasteiger partial charge in [0.05, 0.1) is 10.4 Å². The number of aryl methyl sites for hydroxylation is 1. The van der Waals surface area contributed by atoms with E-state index in [1.807, 2.05) is 24.0 Å². The van der Waals surface area contributed by atoms with Crippen LogP contribution in [0.15, 0.2) is 24.3 Å². The minimum atomic E-state index is 0.0319. The van der Waals surface area contributed by atoms with Gasteiger partial charge in [0, 0.05) is 31.6 Å². The van der Waals surface area contributed by atoms with Crippen molar-refractivity contribution in [2.45, 2.75) is 6.92 Å². The molecule has 3 aromatic rings. The molecule has 0 atom stereocenters. The summed E-state index contributed by atoms with van der Waals surface area (Å²) < 4.78 is 5.80. The number of benzene rings is 1. The number of amides is 1. The summed E-state index contributed by atoms with van der Waals surface area (Å²) in [6.07, 6.45) is 0. The first-order valence-corrected chi connectivity index (χ1v) is 9.34. The van der Waals surface area contributed by atoms with E-state index < -0.39 is 0 Å². The summed E-state index contributed by atoms with van der Waals surface area (Å²) in [7, 11) is 0. The summed E-state index contributed by atoms with van der Waals surface area (Å²) in [5.74, 6) is 1.06. The van der Waals surface area contributed by atoms with Crippen molar-refractivity contribution in [3.05, 3.63) is 34.8 Å². The number of rotatable bonds is 2. The highest BCUT2D eigenvalue weighted by Crippen LogP contribution is 2.30. The van der Waals surface area contributed by atoms with Crippen molar-refractivity contribution in [1.82, 2.24) is 14.3 Å². The maximum absolute atomic E-state index is 12.6. The van der Waals surface area contributed by atoms with E-state index in [4.69, 9.17) is 5.73 Å². The summed E-state index contributed by atoms with van der Waals surface area (Å²) in [5, 5.41) is 1.64. The van der Waals surface area contributed by atoms with Crippen LogP contribution in [0.3, 0.4) is 0 Å². The number of carbonyl (C=O) groups excluding carboxylic acids is 1. The number of nitrogens with two attached hydrogens (primary N) is 1. The minimum Gasteiger partial charge on any atom is -0.375 e. The fourth-order valence-corrected chi connectivity index (χ4v) is 4.58. The largest absolute Gasteiger partial charge is 0.375 e. The number of nitrogen functional groups attached to an aromatic ring is 1. The first-order valence-electron chi connectivity index (χ1n) is 7.75. The number of aromatic nitrogens is 2. The van der Waals surface area contributed by atoms with E-state index in [0.717, 1.165) is 24.6 Å². The molecule has 124 valence electrons. The number of nitrogens with zero attached hydrogens (tertiary/aromatic N) is 4. The lowest BCUT2D eigenvalue weighted by Crippen LogP contribution is -2.48. The van der Waals surface area contributed by atoms with Gasteiger partial charge in [-0.05, 0) is 30.6 Å². The second kappa shape index (κ2) is 6.03. The summed E-state index contributed by atoms with van der Waals surface area (Å²) in [6.45, 7) is 4.77. The van der Waals surface area contributed by atoms with Crippen molar-refractivity contribution in [3.63, 3.8) is 0 Å². The van der Waals surface area contributed by atoms with Crippen LogP contribution in [0.1, 0.15) is 15.4 Å². The van der Waals surface area contributed by atoms with Crippen molar-refractivity contribution < 1.29 is 4.79 Å². The van der Waals surface area contributed by atoms with Gasteiger partial charge in [0.25, 0.3) is 5.91 Å². The second-order valence-electron chi connectivity index (χ2n) is 5.75. The lowest BCUT2D eigenvalue weighted by Gasteiger charge is -2.34. The highest BCUT2D eigenvalue weighted by atomic mass is 32.1. The number of fused-ring (bicyclic) bond motifs is 1. The average molecular weight is 359 g/mol. The number of hydrogen-bond acceptors (Lipinski definition) is 7. The quantitative estimate of drug-likeness (QED) is 0.761. The Bertz CT molecular complexity index is 895. The van der Waals surface area contributed by atoms with Gasteiger partial charge < -0.3 is 15.5 Å². The van der Waals surface area contributed by atoms with Gasteiger partial charge in [0.15, 0.2) is 5.13 Å². The molecule has 0 spiro atoms. The zero-order valence-electron chi connectivity index (χ0n) is 13.2. The van der Waals surface area contributed by atoms with Crippen molar-refractivity contribution in [2.24, 2.45) is 0 Å². The van der Waals surface area contributed by atoms with Crippen LogP contribution in [-0.2, 0) is 0 Å². The first-order chi connectivity index (χ1) is 11.6. The van der Waals surface area contributed by atoms with Crippen molar-refractivity contribution in [3.8, 4) is 0 Å². The molecule has 0 saturated carbocycles. The van der Waals surface area contributed by atoms with E-state index >= 15 is 0 Å². The van der Waals surface area contributed by atoms with Crippen LogP contribution < -0.4 is 10.6 Å². The molecule has 1 saturated heterocycles. The van der Waals surface area contributed by atoms with Crippen LogP contribution in [0.5, 0.6) is 0 Å². The van der Waals surface area contributed by atoms with E-state index in [1.165, 1.54) is 33.0 Å². The standard InChI is InChI=1S/C16H17N5OS2/c1-10-13(23-16(17)18-10)15(22)21-8-6-20(7-9-21)14-11-4-2-3-5-12(11)24-19-14/h2-5H,6-9H2,1H3,(H2,17,18). The molecule has 1 fully saturated rings. The normalized spacial score (nSPS) is 15.2. The third-order valence-electron chi connectivity index (χ3n) is 4.23. The van der Waals surface area contributed by atoms with Crippen LogP contribution >= 0.6 is 22.9 Å². The monoisotopic (exact) mass is 359 g/mol. The number of thiazole rings is 1. The van der Waals surface area contributed by atoms with Gasteiger partial charge in [0.2, 0.25) is 0 Å². The fraction of sp³-hybridized carbons (Fsp3) is 0.312. The van der Waals surface area contributed by atoms with E-state index in [-0.39, 0.29) is 5.91 Å². The van der Waals surface area contributed by atoms with Crippen LogP contribution in [-0.4, -0.2) is 46.3 Å². The molecule has 2 N–H and O–H groups in total. The summed E-state index contributed by atoms with van der Waals surface area (Å²) in [5.41, 5.74) is 6.43. The van der Waals surface area contributed by atoms with Crippen LogP contribution in [0.2, 0.25) is 0 Å². The van der Waals surface area contributed by atoms with Gasteiger partial charge >= 0.3 is 0 Å². The lowest BCUT2D eigenvalue weighted by atomic mass is 10.2. The molecule has 0 bridgehead atoms. The Balaban J connectivity index is 1.49. The molecule has 0 radical (unpaired) electrons. The lowest BCUT2D eigenvalue weighted by molar-refractivity contribution is 0.0750. The zero-order chi connectivity index (χ0) is 16.7. The highest BCUT2D eigenvalue weighted by molar-refractivity contribution is 7.17. The van der Waals surface area contributed by atoms with Crippen molar-refractivity contribution >= 4 is 49.8 Å². The van der Waals surface area contributed by atoms with Gasteiger partial charge in [0.1, 0.15) is 10.7 Å². The van der Waals surface area contributed by atoms with E-state index in [1.54, 1.807) is 0 Å². The van der Waals surface area contributed by atoms with Crippen molar-refractivity contribution in [2.75, 3.05) is 36.8 Å². The summed E-state index contributed by atoms with van der Waals surface area (Å²) in [4.78, 5) is 21.6. The minimum absolute atomic E-state index is 0.0319. The van der Waals surface area contributed by atoms with Gasteiger partial charge in [-0.2, -0.15) is 4.37 Å². The number of anilines is 2. The summed E-state index contributed by atoms with van der Waals surface area (Å²) in [6, 6.07) is 8.27. The SMILES string of the molecule is Cc1nc(N)sc1C(=O)N1CCN(c2nsc3ccccc23)CC1. The highest BCUT2D eigenvalue weighted by Gasteiger charge is 2.26. The second-order valence-corrected chi connectivity index (χ2v) is 7.58. The Hall–Kier alpha value is -2.19. The molecule has 0 aliphatic carbocycles. The van der Waals surface area contributed by atoms with Gasteiger partial charge in [-0.15, -0.1) is 0 Å². The van der Waals surface area contributed by atoms with Gasteiger partial charge in [-0.25, -0.2) is 4.98 Å². The molecule has 4 rings (SSSR count). The van der Waals surface area contributed by atoms with E-state index in [9.17, 15) is 4.79 Å². The predicted octanol–water partition coefficient (Wildman–Crippen LogP) is 2.61. The number of hydrogen-bond donors (Lipinski definition) is 1. The molecular formula is C16H17N5OS2. The molecule has 8 heteroatoms. The molecule has 6 nitrogen and oxygen atoms in total. The molecule has 1 aliphatic rings. The van der Waals surface area contributed by atoms with Gasteiger partial charge in [-0.3, -0.25) is 4.79 Å². The Labute approximate surface area is 147 Å². The molecule has 24 heavy (non-hydrogen) atoms. The van der Waals surface area contributed by atoms with Crippen LogP contribution in [0.25, 0.3) is 10.1 Å².